The Bertz CT molecular complexity index is 671. The minimum Gasteiger partial charge on any atom is -0.457 e. The fourth-order valence-electron chi connectivity index (χ4n) is 1.87. The van der Waals surface area contributed by atoms with Gasteiger partial charge < -0.3 is 14.4 Å². The minimum absolute atomic E-state index is 0.332. The maximum atomic E-state index is 9.57. The van der Waals surface area contributed by atoms with Crippen LogP contribution in [0.25, 0.3) is 0 Å². The zero-order chi connectivity index (χ0) is 15.2. The Labute approximate surface area is 124 Å². The molecule has 0 fully saturated rings. The smallest absolute Gasteiger partial charge is 0.457 e. The first kappa shape index (κ1) is 14.9. The normalized spacial score (nSPS) is 13.9. The molecule has 0 aromatic heterocycles. The van der Waals surface area contributed by atoms with E-state index in [-0.39, 0.29) is 0 Å². The van der Waals surface area contributed by atoms with E-state index in [2.05, 4.69) is 13.2 Å². The van der Waals surface area contributed by atoms with E-state index in [0.717, 1.165) is 11.0 Å². The minimum atomic E-state index is -0.865. The molecule has 2 rings (SSSR count). The lowest BCUT2D eigenvalue weighted by Crippen LogP contribution is -2.27. The standard InChI is InChI=1S/C16H14BNO3/c1-3-4-14(6-5-12(2)10-18)21-15-7-8-16-13(9-15)11-20-17(16)19/h3-9,19H,1-2,11H2/b6-5-,14-4+. The molecule has 0 spiro atoms. The van der Waals surface area contributed by atoms with Gasteiger partial charge in [-0.15, -0.1) is 0 Å². The number of rotatable bonds is 5. The third-order valence-electron chi connectivity index (χ3n) is 2.89. The number of fused-ring (bicyclic) bond motifs is 1. The summed E-state index contributed by atoms with van der Waals surface area (Å²) in [7, 11) is -0.865. The molecule has 0 aliphatic carbocycles. The van der Waals surface area contributed by atoms with Crippen LogP contribution in [0, 0.1) is 11.3 Å². The van der Waals surface area contributed by atoms with E-state index >= 15 is 0 Å². The van der Waals surface area contributed by atoms with E-state index in [4.69, 9.17) is 14.7 Å². The molecule has 21 heavy (non-hydrogen) atoms. The van der Waals surface area contributed by atoms with Crippen molar-refractivity contribution in [3.63, 3.8) is 0 Å². The largest absolute Gasteiger partial charge is 0.491 e. The number of nitrogens with zero attached hydrogens (tertiary/aromatic N) is 1. The van der Waals surface area contributed by atoms with Gasteiger partial charge in [-0.3, -0.25) is 0 Å². The zero-order valence-electron chi connectivity index (χ0n) is 11.5. The summed E-state index contributed by atoms with van der Waals surface area (Å²) in [4.78, 5) is 0. The predicted molar refractivity (Wildman–Crippen MR) is 81.6 cm³/mol. The Morgan fingerprint density at radius 3 is 3.00 bits per heavy atom. The summed E-state index contributed by atoms with van der Waals surface area (Å²) in [5, 5.41) is 18.3. The van der Waals surface area contributed by atoms with Crippen molar-refractivity contribution in [1.29, 1.82) is 5.26 Å². The average molecular weight is 279 g/mol. The molecule has 1 N–H and O–H groups in total. The van der Waals surface area contributed by atoms with Gasteiger partial charge in [-0.2, -0.15) is 5.26 Å². The third-order valence-corrected chi connectivity index (χ3v) is 2.89. The molecule has 0 saturated carbocycles. The van der Waals surface area contributed by atoms with Crippen LogP contribution in [0.3, 0.4) is 0 Å². The molecule has 1 aliphatic rings. The van der Waals surface area contributed by atoms with E-state index in [9.17, 15) is 5.02 Å². The van der Waals surface area contributed by atoms with Crippen LogP contribution >= 0.6 is 0 Å². The summed E-state index contributed by atoms with van der Waals surface area (Å²) in [6.45, 7) is 7.55. The highest BCUT2D eigenvalue weighted by atomic mass is 16.5. The van der Waals surface area contributed by atoms with E-state index in [1.807, 2.05) is 12.1 Å². The molecule has 1 aromatic rings. The van der Waals surface area contributed by atoms with Crippen molar-refractivity contribution in [3.8, 4) is 11.8 Å². The number of hydrogen-bond donors (Lipinski definition) is 1. The lowest BCUT2D eigenvalue weighted by molar-refractivity contribution is 0.275. The van der Waals surface area contributed by atoms with Crippen LogP contribution in [0.4, 0.5) is 0 Å². The van der Waals surface area contributed by atoms with E-state index < -0.39 is 7.12 Å². The van der Waals surface area contributed by atoms with Crippen LogP contribution in [-0.4, -0.2) is 12.1 Å². The van der Waals surface area contributed by atoms with Gasteiger partial charge in [0.15, 0.2) is 0 Å². The molecule has 0 amide bonds. The van der Waals surface area contributed by atoms with Crippen LogP contribution in [0.5, 0.6) is 5.75 Å². The van der Waals surface area contributed by atoms with Gasteiger partial charge in [-0.05, 0) is 41.4 Å². The van der Waals surface area contributed by atoms with Crippen LogP contribution in [-0.2, 0) is 11.3 Å². The molecule has 0 bridgehead atoms. The van der Waals surface area contributed by atoms with Crippen molar-refractivity contribution in [2.45, 2.75) is 6.61 Å². The van der Waals surface area contributed by atoms with Gasteiger partial charge in [0.25, 0.3) is 0 Å². The monoisotopic (exact) mass is 279 g/mol. The molecule has 0 radical (unpaired) electrons. The topological polar surface area (TPSA) is 62.5 Å². The summed E-state index contributed by atoms with van der Waals surface area (Å²) < 4.78 is 10.9. The second-order valence-electron chi connectivity index (χ2n) is 4.40. The van der Waals surface area contributed by atoms with Gasteiger partial charge in [0.2, 0.25) is 0 Å². The maximum Gasteiger partial charge on any atom is 0.491 e. The molecule has 0 unspecified atom stereocenters. The number of nitriles is 1. The first-order valence-electron chi connectivity index (χ1n) is 6.34. The summed E-state index contributed by atoms with van der Waals surface area (Å²) in [5.41, 5.74) is 1.98. The van der Waals surface area contributed by atoms with Crippen LogP contribution in [0.15, 0.2) is 67.0 Å². The number of ether oxygens (including phenoxy) is 1. The Morgan fingerprint density at radius 2 is 2.29 bits per heavy atom. The molecule has 0 atom stereocenters. The molecule has 104 valence electrons. The fraction of sp³-hybridized carbons (Fsp3) is 0.0625. The molecule has 1 aromatic carbocycles. The number of hydrogen-bond acceptors (Lipinski definition) is 4. The summed E-state index contributed by atoms with van der Waals surface area (Å²) in [6, 6.07) is 7.27. The number of benzene rings is 1. The second kappa shape index (κ2) is 6.75. The maximum absolute atomic E-state index is 9.57. The molecule has 1 aliphatic heterocycles. The van der Waals surface area contributed by atoms with Gasteiger partial charge in [-0.1, -0.05) is 25.3 Å². The predicted octanol–water partition coefficient (Wildman–Crippen LogP) is 1.99. The average Bonchev–Trinajstić information content (AvgIpc) is 2.85. The summed E-state index contributed by atoms with van der Waals surface area (Å²) >= 11 is 0. The number of allylic oxidation sites excluding steroid dienone is 5. The molecule has 1 heterocycles. The first-order valence-corrected chi connectivity index (χ1v) is 6.34. The van der Waals surface area contributed by atoms with Gasteiger partial charge in [0.05, 0.1) is 12.7 Å². The van der Waals surface area contributed by atoms with E-state index in [0.29, 0.717) is 23.7 Å². The zero-order valence-corrected chi connectivity index (χ0v) is 11.5. The van der Waals surface area contributed by atoms with Crippen LogP contribution in [0.1, 0.15) is 5.56 Å². The third kappa shape index (κ3) is 3.73. The van der Waals surface area contributed by atoms with Gasteiger partial charge in [-0.25, -0.2) is 0 Å². The lowest BCUT2D eigenvalue weighted by Gasteiger charge is -2.08. The van der Waals surface area contributed by atoms with Crippen molar-refractivity contribution < 1.29 is 14.4 Å². The van der Waals surface area contributed by atoms with Gasteiger partial charge in [0.1, 0.15) is 11.5 Å². The quantitative estimate of drug-likeness (QED) is 0.387. The summed E-state index contributed by atoms with van der Waals surface area (Å²) in [5.74, 6) is 1.15. The molecular formula is C16H14BNO3. The van der Waals surface area contributed by atoms with E-state index in [1.165, 1.54) is 0 Å². The highest BCUT2D eigenvalue weighted by molar-refractivity contribution is 6.61. The van der Waals surface area contributed by atoms with Crippen molar-refractivity contribution in [2.24, 2.45) is 0 Å². The second-order valence-corrected chi connectivity index (χ2v) is 4.40. The Morgan fingerprint density at radius 1 is 1.48 bits per heavy atom. The molecule has 0 saturated heterocycles. The lowest BCUT2D eigenvalue weighted by atomic mass is 9.80. The molecular weight excluding hydrogens is 265 g/mol. The van der Waals surface area contributed by atoms with Crippen LogP contribution < -0.4 is 10.2 Å². The molecule has 5 heteroatoms. The van der Waals surface area contributed by atoms with Crippen molar-refractivity contribution in [3.05, 3.63) is 72.6 Å². The first-order chi connectivity index (χ1) is 10.1. The van der Waals surface area contributed by atoms with Crippen LogP contribution in [0.2, 0.25) is 0 Å². The Kier molecular flexibility index (Phi) is 4.78. The van der Waals surface area contributed by atoms with Crippen molar-refractivity contribution in [1.82, 2.24) is 0 Å². The van der Waals surface area contributed by atoms with Crippen molar-refractivity contribution >= 4 is 12.6 Å². The Balaban J connectivity index is 2.17. The summed E-state index contributed by atoms with van der Waals surface area (Å²) in [6.07, 6.45) is 6.48. The highest BCUT2D eigenvalue weighted by Gasteiger charge is 2.27. The van der Waals surface area contributed by atoms with Gasteiger partial charge in [0, 0.05) is 5.57 Å². The molecule has 4 nitrogen and oxygen atoms in total. The Hall–Kier alpha value is -2.55. The SMILES string of the molecule is C=C/C=C(\C=C/C(=C)C#N)Oc1ccc2c(c1)COB2O. The highest BCUT2D eigenvalue weighted by Crippen LogP contribution is 2.20. The van der Waals surface area contributed by atoms with E-state index in [1.54, 1.807) is 36.4 Å². The van der Waals surface area contributed by atoms with Crippen molar-refractivity contribution in [2.75, 3.05) is 0 Å². The van der Waals surface area contributed by atoms with Gasteiger partial charge >= 0.3 is 7.12 Å². The fourth-order valence-corrected chi connectivity index (χ4v) is 1.87.